The maximum absolute atomic E-state index is 11.0. The van der Waals surface area contributed by atoms with Crippen molar-refractivity contribution < 1.29 is 32.8 Å². The Labute approximate surface area is 203 Å². The first-order chi connectivity index (χ1) is 15.8. The Kier molecular flexibility index (Phi) is 22.6. The van der Waals surface area contributed by atoms with Crippen LogP contribution in [0, 0.1) is 0 Å². The van der Waals surface area contributed by atoms with Crippen LogP contribution >= 0.6 is 0 Å². The van der Waals surface area contributed by atoms with Crippen molar-refractivity contribution in [3.63, 3.8) is 0 Å². The average molecular weight is 474 g/mol. The number of hydrogen-bond donors (Lipinski definition) is 0. The van der Waals surface area contributed by atoms with E-state index in [4.69, 9.17) is 14.0 Å². The number of carbonyl (C=O) groups is 3. The van der Waals surface area contributed by atoms with E-state index in [0.29, 0.717) is 0 Å². The number of hydrogen-bond acceptors (Lipinski definition) is 6. The molecule has 0 rings (SSSR count). The van der Waals surface area contributed by atoms with Crippen LogP contribution < -0.4 is 0 Å². The minimum absolute atomic E-state index is 0.122. The number of unbranched alkanes of at least 4 members (excludes halogenated alkanes) is 4. The van der Waals surface area contributed by atoms with Crippen LogP contribution in [0.1, 0.15) is 119 Å². The molecule has 0 fully saturated rings. The van der Waals surface area contributed by atoms with E-state index in [1.165, 1.54) is 82.0 Å². The molecule has 196 valence electrons. The highest BCUT2D eigenvalue weighted by Crippen LogP contribution is 2.16. The van der Waals surface area contributed by atoms with Crippen molar-refractivity contribution in [2.45, 2.75) is 119 Å². The van der Waals surface area contributed by atoms with Gasteiger partial charge in [-0.05, 0) is 25.7 Å². The van der Waals surface area contributed by atoms with Crippen molar-refractivity contribution in [1.29, 1.82) is 0 Å². The fraction of sp³-hybridized carbons (Fsp3) is 0.880. The van der Waals surface area contributed by atoms with Crippen molar-refractivity contribution in [2.75, 3.05) is 26.2 Å². The predicted octanol–water partition coefficient (Wildman–Crippen LogP) is 5.57. The summed E-state index contributed by atoms with van der Waals surface area (Å²) in [7, 11) is -2.44. The molecule has 0 aromatic rings. The summed E-state index contributed by atoms with van der Waals surface area (Å²) in [5.41, 5.74) is 0. The molecule has 0 bridgehead atoms. The van der Waals surface area contributed by atoms with Crippen LogP contribution in [0.2, 0.25) is 0 Å². The molecule has 0 saturated carbocycles. The lowest BCUT2D eigenvalue weighted by Crippen LogP contribution is -2.50. The van der Waals surface area contributed by atoms with Crippen LogP contribution in [0.3, 0.4) is 0 Å². The van der Waals surface area contributed by atoms with E-state index in [0.717, 1.165) is 0 Å². The van der Waals surface area contributed by atoms with Crippen LogP contribution in [-0.4, -0.2) is 55.9 Å². The summed E-state index contributed by atoms with van der Waals surface area (Å²) in [4.78, 5) is 32.9. The first-order valence-electron chi connectivity index (χ1n) is 13.4. The third kappa shape index (κ3) is 18.5. The van der Waals surface area contributed by atoms with Gasteiger partial charge in [-0.15, -0.1) is 0 Å². The standard InChI is InChI=1S/C16H36N.C9H16BO6/c1-5-9-13-17(14-10-6-2,15-11-7-3)16-12-8-4;1-4-7(11)14-10(15-8(12)5-2)16-9(13)6-3/h5-16H2,1-4H3;10H,4-6H2,1-3H3/q+1;-1. The molecule has 33 heavy (non-hydrogen) atoms. The smallest absolute Gasteiger partial charge is 0.541 e. The van der Waals surface area contributed by atoms with Crippen molar-refractivity contribution >= 4 is 25.2 Å². The highest BCUT2D eigenvalue weighted by molar-refractivity contribution is 6.44. The van der Waals surface area contributed by atoms with Gasteiger partial charge in [-0.25, -0.2) is 0 Å². The van der Waals surface area contributed by atoms with Gasteiger partial charge in [0.2, 0.25) is 0 Å². The Morgan fingerprint density at radius 2 is 0.758 bits per heavy atom. The second-order valence-electron chi connectivity index (χ2n) is 8.61. The van der Waals surface area contributed by atoms with E-state index >= 15 is 0 Å². The van der Waals surface area contributed by atoms with Crippen molar-refractivity contribution in [3.05, 3.63) is 0 Å². The molecule has 0 spiro atoms. The summed E-state index contributed by atoms with van der Waals surface area (Å²) in [5, 5.41) is 0. The molecule has 0 radical (unpaired) electrons. The zero-order chi connectivity index (χ0) is 25.5. The van der Waals surface area contributed by atoms with Gasteiger partial charge in [-0.3, -0.25) is 14.4 Å². The molecule has 0 N–H and O–H groups in total. The van der Waals surface area contributed by atoms with Crippen LogP contribution in [-0.2, 0) is 28.3 Å². The van der Waals surface area contributed by atoms with Gasteiger partial charge in [0.1, 0.15) is 0 Å². The molecular weight excluding hydrogens is 421 g/mol. The molecule has 0 atom stereocenters. The molecule has 8 heteroatoms. The second kappa shape index (κ2) is 22.2. The highest BCUT2D eigenvalue weighted by atomic mass is 16.8. The molecule has 0 aromatic carbocycles. The van der Waals surface area contributed by atoms with Crippen LogP contribution in [0.5, 0.6) is 0 Å². The largest absolute Gasteiger partial charge is 0.625 e. The Hall–Kier alpha value is -1.57. The van der Waals surface area contributed by atoms with Gasteiger partial charge in [0.25, 0.3) is 17.9 Å². The SMILES string of the molecule is CCC(=O)O[BH-](OC(=O)CC)OC(=O)CC.CCCC[N+](CCCC)(CCCC)CCCC. The molecule has 0 aliphatic carbocycles. The van der Waals surface area contributed by atoms with E-state index < -0.39 is 25.2 Å². The number of nitrogens with zero attached hydrogens (tertiary/aromatic N) is 1. The topological polar surface area (TPSA) is 78.9 Å². The lowest BCUT2D eigenvalue weighted by atomic mass is 10.1. The van der Waals surface area contributed by atoms with E-state index in [1.807, 2.05) is 0 Å². The molecule has 0 amide bonds. The molecule has 0 heterocycles. The molecule has 0 aliphatic heterocycles. The fourth-order valence-electron chi connectivity index (χ4n) is 3.43. The van der Waals surface area contributed by atoms with E-state index in [2.05, 4.69) is 27.7 Å². The maximum Gasteiger partial charge on any atom is 0.541 e. The first-order valence-corrected chi connectivity index (χ1v) is 13.4. The zero-order valence-electron chi connectivity index (χ0n) is 22.7. The fourth-order valence-corrected chi connectivity index (χ4v) is 3.43. The van der Waals surface area contributed by atoms with Crippen molar-refractivity contribution in [1.82, 2.24) is 0 Å². The molecule has 0 saturated heterocycles. The average Bonchev–Trinajstić information content (AvgIpc) is 2.83. The lowest BCUT2D eigenvalue weighted by Gasteiger charge is -2.39. The number of quaternary nitrogens is 1. The van der Waals surface area contributed by atoms with E-state index in [9.17, 15) is 14.4 Å². The Bertz CT molecular complexity index is 435. The van der Waals surface area contributed by atoms with Crippen LogP contribution in [0.15, 0.2) is 0 Å². The zero-order valence-corrected chi connectivity index (χ0v) is 22.7. The van der Waals surface area contributed by atoms with Crippen LogP contribution in [0.25, 0.3) is 0 Å². The maximum atomic E-state index is 11.0. The molecule has 0 aromatic heterocycles. The van der Waals surface area contributed by atoms with Gasteiger partial charge < -0.3 is 18.4 Å². The highest BCUT2D eigenvalue weighted by Gasteiger charge is 2.24. The van der Waals surface area contributed by atoms with Crippen LogP contribution in [0.4, 0.5) is 0 Å². The molecule has 0 aliphatic rings. The molecule has 0 unspecified atom stereocenters. The number of rotatable bonds is 18. The van der Waals surface area contributed by atoms with Gasteiger partial charge in [0.15, 0.2) is 0 Å². The van der Waals surface area contributed by atoms with Crippen molar-refractivity contribution in [3.8, 4) is 0 Å². The monoisotopic (exact) mass is 473 g/mol. The Balaban J connectivity index is 0. The summed E-state index contributed by atoms with van der Waals surface area (Å²) < 4.78 is 15.5. The first kappa shape index (κ1) is 33.6. The van der Waals surface area contributed by atoms with Crippen molar-refractivity contribution in [2.24, 2.45) is 0 Å². The van der Waals surface area contributed by atoms with Gasteiger partial charge >= 0.3 is 7.32 Å². The third-order valence-corrected chi connectivity index (χ3v) is 5.65. The van der Waals surface area contributed by atoms with Gasteiger partial charge in [0, 0.05) is 19.3 Å². The quantitative estimate of drug-likeness (QED) is 0.191. The minimum atomic E-state index is -2.44. The summed E-state index contributed by atoms with van der Waals surface area (Å²) in [6.07, 6.45) is 11.4. The Morgan fingerprint density at radius 3 is 0.939 bits per heavy atom. The minimum Gasteiger partial charge on any atom is -0.625 e. The van der Waals surface area contributed by atoms with E-state index in [-0.39, 0.29) is 19.3 Å². The summed E-state index contributed by atoms with van der Waals surface area (Å²) in [6, 6.07) is 0. The Morgan fingerprint density at radius 1 is 0.515 bits per heavy atom. The molecule has 7 nitrogen and oxygen atoms in total. The van der Waals surface area contributed by atoms with Gasteiger partial charge in [0.05, 0.1) is 26.2 Å². The second-order valence-corrected chi connectivity index (χ2v) is 8.61. The van der Waals surface area contributed by atoms with Gasteiger partial charge in [-0.1, -0.05) is 74.1 Å². The van der Waals surface area contributed by atoms with Gasteiger partial charge in [-0.2, -0.15) is 0 Å². The van der Waals surface area contributed by atoms with E-state index in [1.54, 1.807) is 20.8 Å². The lowest BCUT2D eigenvalue weighted by molar-refractivity contribution is -0.929. The predicted molar refractivity (Wildman–Crippen MR) is 136 cm³/mol. The third-order valence-electron chi connectivity index (χ3n) is 5.65. The summed E-state index contributed by atoms with van der Waals surface area (Å²) >= 11 is 0. The molecular formula is C25H52BNO6. The normalized spacial score (nSPS) is 10.9. The summed E-state index contributed by atoms with van der Waals surface area (Å²) in [6.45, 7) is 19.8. The summed E-state index contributed by atoms with van der Waals surface area (Å²) in [5.74, 6) is -1.73. The number of carbonyl (C=O) groups excluding carboxylic acids is 3.